The Morgan fingerprint density at radius 3 is 1.08 bits per heavy atom. The molecule has 3 rings (SSSR count). The van der Waals surface area contributed by atoms with E-state index in [0.29, 0.717) is 0 Å². The Hall–Kier alpha value is -1.99. The van der Waals surface area contributed by atoms with Crippen molar-refractivity contribution in [3.63, 3.8) is 0 Å². The van der Waals surface area contributed by atoms with Crippen molar-refractivity contribution in [3.05, 3.63) is 101 Å². The molecular formula is C48H78N2Ni. The van der Waals surface area contributed by atoms with E-state index in [9.17, 15) is 5.53 Å². The Labute approximate surface area is 328 Å². The molecule has 51 heavy (non-hydrogen) atoms. The number of aryl methyl sites for hydroxylation is 2. The number of nitrogens with zero attached hydrogens (tertiary/aromatic N) is 2. The van der Waals surface area contributed by atoms with E-state index in [-0.39, 0.29) is 16.5 Å². The molecule has 0 N–H and O–H groups in total. The predicted octanol–water partition coefficient (Wildman–Crippen LogP) is 16.3. The van der Waals surface area contributed by atoms with E-state index in [0.717, 1.165) is 86.7 Å². The summed E-state index contributed by atoms with van der Waals surface area (Å²) in [5.74, 6) is 0. The fourth-order valence-corrected chi connectivity index (χ4v) is 6.49. The zero-order valence-electron chi connectivity index (χ0n) is 34.2. The topological polar surface area (TPSA) is 25.3 Å². The number of allylic oxidation sites excluding steroid dienone is 2. The molecule has 0 radical (unpaired) electrons. The van der Waals surface area contributed by atoms with Gasteiger partial charge in [0.05, 0.1) is 0 Å². The summed E-state index contributed by atoms with van der Waals surface area (Å²) in [7, 11) is 0. The van der Waals surface area contributed by atoms with E-state index < -0.39 is 0 Å². The van der Waals surface area contributed by atoms with Gasteiger partial charge in [-0.1, -0.05) is 156 Å². The van der Waals surface area contributed by atoms with Crippen LogP contribution in [-0.4, -0.2) is 4.70 Å². The van der Waals surface area contributed by atoms with E-state index in [4.69, 9.17) is 0 Å². The van der Waals surface area contributed by atoms with Crippen molar-refractivity contribution < 1.29 is 21.2 Å². The third kappa shape index (κ3) is 19.6. The molecule has 0 fully saturated rings. The first-order valence-corrected chi connectivity index (χ1v) is 21.2. The van der Waals surface area contributed by atoms with Crippen molar-refractivity contribution in [1.29, 1.82) is 0 Å². The van der Waals surface area contributed by atoms with Gasteiger partial charge in [0.1, 0.15) is 0 Å². The summed E-state index contributed by atoms with van der Waals surface area (Å²) in [6, 6.07) is 18.0. The number of hydrogen-bond acceptors (Lipinski definition) is 0. The zero-order chi connectivity index (χ0) is 36.8. The van der Waals surface area contributed by atoms with Gasteiger partial charge in [0.25, 0.3) is 0 Å². The SMILES string of the molecule is CCCCCCCCc1ccc(C2=C(CCCC)C(CCCC)=C(c3ccc(CCCC)cc3)[N+]2=[N-])cc1.[CH2-]CCCCC.[CH2-]CCCCC.[Ni+2]. The van der Waals surface area contributed by atoms with Crippen molar-refractivity contribution in [2.75, 3.05) is 0 Å². The van der Waals surface area contributed by atoms with E-state index in [1.54, 1.807) is 0 Å². The van der Waals surface area contributed by atoms with Crippen LogP contribution in [0.4, 0.5) is 0 Å². The van der Waals surface area contributed by atoms with Crippen LogP contribution in [-0.2, 0) is 29.3 Å². The van der Waals surface area contributed by atoms with Crippen LogP contribution in [0.5, 0.6) is 0 Å². The first-order chi connectivity index (χ1) is 24.5. The molecule has 0 unspecified atom stereocenters. The van der Waals surface area contributed by atoms with E-state index >= 15 is 0 Å². The summed E-state index contributed by atoms with van der Waals surface area (Å²) in [5, 5.41) is 0. The van der Waals surface area contributed by atoms with Crippen LogP contribution in [0.2, 0.25) is 0 Å². The second-order valence-corrected chi connectivity index (χ2v) is 14.3. The number of unbranched alkanes of at least 4 members (excludes halogenated alkanes) is 14. The van der Waals surface area contributed by atoms with E-state index in [1.807, 2.05) is 0 Å². The molecule has 0 aliphatic carbocycles. The first-order valence-electron chi connectivity index (χ1n) is 21.2. The maximum Gasteiger partial charge on any atom is 2.00 e. The fourth-order valence-electron chi connectivity index (χ4n) is 6.49. The van der Waals surface area contributed by atoms with Crippen LogP contribution in [0.3, 0.4) is 0 Å². The Morgan fingerprint density at radius 2 is 0.725 bits per heavy atom. The molecule has 0 aromatic heterocycles. The molecule has 0 spiro atoms. The summed E-state index contributed by atoms with van der Waals surface area (Å²) >= 11 is 0. The monoisotopic (exact) mass is 741 g/mol. The van der Waals surface area contributed by atoms with Gasteiger partial charge in [0, 0.05) is 22.3 Å². The summed E-state index contributed by atoms with van der Waals surface area (Å²) in [5.41, 5.74) is 21.5. The van der Waals surface area contributed by atoms with Crippen molar-refractivity contribution in [2.24, 2.45) is 0 Å². The average Bonchev–Trinajstić information content (AvgIpc) is 3.42. The maximum atomic E-state index is 11.7. The van der Waals surface area contributed by atoms with Crippen molar-refractivity contribution in [1.82, 2.24) is 0 Å². The number of hydrogen-bond donors (Lipinski definition) is 0. The third-order valence-electron chi connectivity index (χ3n) is 9.72. The maximum absolute atomic E-state index is 11.7. The van der Waals surface area contributed by atoms with Gasteiger partial charge < -0.3 is 19.4 Å². The zero-order valence-corrected chi connectivity index (χ0v) is 35.2. The predicted molar refractivity (Wildman–Crippen MR) is 224 cm³/mol. The molecule has 0 saturated heterocycles. The van der Waals surface area contributed by atoms with Gasteiger partial charge in [-0.2, -0.15) is 12.8 Å². The summed E-state index contributed by atoms with van der Waals surface area (Å²) in [6.07, 6.45) is 29.4. The minimum absolute atomic E-state index is 0. The summed E-state index contributed by atoms with van der Waals surface area (Å²) in [6.45, 7) is 20.9. The molecule has 1 aliphatic rings. The van der Waals surface area contributed by atoms with Crippen LogP contribution in [0, 0.1) is 13.8 Å². The molecule has 2 aromatic rings. The smallest absolute Gasteiger partial charge is 0.493 e. The van der Waals surface area contributed by atoms with Crippen molar-refractivity contribution in [2.45, 2.75) is 196 Å². The van der Waals surface area contributed by atoms with Crippen LogP contribution in [0.25, 0.3) is 16.9 Å². The largest absolute Gasteiger partial charge is 2.00 e. The molecule has 0 saturated carbocycles. The number of rotatable bonds is 24. The standard InChI is InChI=1S/C36H52N2.2C6H13.Ni/c1-5-9-13-14-15-16-18-30-23-27-32(28-24-30)36-34(20-12-8-4)33(19-11-7-3)35(38(36)37)31-25-21-29(22-26-31)17-10-6-2;2*1-3-5-6-4-2;/h21-28H,5-20H2,1-4H3;2*1,3-6H2,2H3;/q;2*-1;+2. The van der Waals surface area contributed by atoms with Crippen molar-refractivity contribution in [3.8, 4) is 0 Å². The van der Waals surface area contributed by atoms with Crippen LogP contribution < -0.4 is 0 Å². The van der Waals surface area contributed by atoms with Gasteiger partial charge in [-0.3, -0.25) is 0 Å². The van der Waals surface area contributed by atoms with Crippen LogP contribution in [0.1, 0.15) is 205 Å². The average molecular weight is 742 g/mol. The Bertz CT molecular complexity index is 1170. The third-order valence-corrected chi connectivity index (χ3v) is 9.72. The van der Waals surface area contributed by atoms with Crippen LogP contribution in [0.15, 0.2) is 59.7 Å². The van der Waals surface area contributed by atoms with E-state index in [2.05, 4.69) is 104 Å². The normalized spacial score (nSPS) is 12.4. The van der Waals surface area contributed by atoms with Gasteiger partial charge >= 0.3 is 16.5 Å². The quantitative estimate of drug-likeness (QED) is 0.0443. The summed E-state index contributed by atoms with van der Waals surface area (Å²) < 4.78 is 1.53. The molecule has 0 amide bonds. The van der Waals surface area contributed by atoms with Gasteiger partial charge in [-0.05, 0) is 86.8 Å². The molecule has 290 valence electrons. The summed E-state index contributed by atoms with van der Waals surface area (Å²) in [4.78, 5) is 0. The first kappa shape index (κ1) is 49.0. The van der Waals surface area contributed by atoms with Crippen LogP contribution >= 0.6 is 0 Å². The Kier molecular flexibility index (Phi) is 31.4. The van der Waals surface area contributed by atoms with E-state index in [1.165, 1.54) is 117 Å². The molecule has 0 atom stereocenters. The fraction of sp³-hybridized carbons (Fsp3) is 0.625. The minimum Gasteiger partial charge on any atom is -0.493 e. The van der Waals surface area contributed by atoms with Gasteiger partial charge in [0.15, 0.2) is 0 Å². The second kappa shape index (κ2) is 32.6. The van der Waals surface area contributed by atoms with Crippen molar-refractivity contribution >= 4 is 11.4 Å². The molecule has 1 aliphatic heterocycles. The second-order valence-electron chi connectivity index (χ2n) is 14.3. The van der Waals surface area contributed by atoms with Gasteiger partial charge in [-0.25, -0.2) is 4.70 Å². The van der Waals surface area contributed by atoms with Gasteiger partial charge in [-0.15, -0.1) is 0 Å². The molecule has 1 heterocycles. The Morgan fingerprint density at radius 1 is 0.412 bits per heavy atom. The number of benzene rings is 2. The van der Waals surface area contributed by atoms with Gasteiger partial charge in [0.2, 0.25) is 11.4 Å². The molecule has 2 aromatic carbocycles. The minimum atomic E-state index is 0. The molecule has 0 bridgehead atoms. The molecular weight excluding hydrogens is 663 g/mol. The molecule has 3 heteroatoms. The molecule has 2 nitrogen and oxygen atoms in total. The Balaban J connectivity index is 0.00000165.